The molecule has 7 nitrogen and oxygen atoms in total. The fourth-order valence-electron chi connectivity index (χ4n) is 2.50. The third kappa shape index (κ3) is 3.32. The van der Waals surface area contributed by atoms with Crippen molar-refractivity contribution in [3.8, 4) is 5.69 Å². The number of benzene rings is 2. The van der Waals surface area contributed by atoms with Gasteiger partial charge in [0, 0.05) is 19.5 Å². The van der Waals surface area contributed by atoms with E-state index in [1.54, 1.807) is 62.6 Å². The number of hydrogen-bond acceptors (Lipinski definition) is 4. The Balaban J connectivity index is 2.10. The molecule has 0 saturated heterocycles. The highest BCUT2D eigenvalue weighted by molar-refractivity contribution is 6.05. The monoisotopic (exact) mass is 350 g/mol. The first kappa shape index (κ1) is 17.3. The zero-order valence-corrected chi connectivity index (χ0v) is 14.5. The van der Waals surface area contributed by atoms with Crippen molar-refractivity contribution in [2.24, 2.45) is 0 Å². The Morgan fingerprint density at radius 3 is 2.27 bits per heavy atom. The predicted octanol–water partition coefficient (Wildman–Crippen LogP) is 1.20. The van der Waals surface area contributed by atoms with Crippen molar-refractivity contribution in [1.29, 1.82) is 0 Å². The quantitative estimate of drug-likeness (QED) is 0.766. The molecular weight excluding hydrogens is 332 g/mol. The van der Waals surface area contributed by atoms with Crippen molar-refractivity contribution >= 4 is 22.6 Å². The van der Waals surface area contributed by atoms with Crippen molar-refractivity contribution in [2.75, 3.05) is 20.6 Å². The Bertz CT molecular complexity index is 1030. The summed E-state index contributed by atoms with van der Waals surface area (Å²) in [6.45, 7) is -0.147. The third-order valence-corrected chi connectivity index (χ3v) is 3.92. The summed E-state index contributed by atoms with van der Waals surface area (Å²) in [7, 11) is 3.22. The zero-order valence-electron chi connectivity index (χ0n) is 14.5. The minimum atomic E-state index is -0.513. The average molecular weight is 350 g/mol. The van der Waals surface area contributed by atoms with Gasteiger partial charge in [-0.3, -0.25) is 14.4 Å². The maximum atomic E-state index is 12.8. The summed E-state index contributed by atoms with van der Waals surface area (Å²) in [5, 5.41) is 7.65. The summed E-state index contributed by atoms with van der Waals surface area (Å²) in [4.78, 5) is 38.5. The van der Waals surface area contributed by atoms with E-state index in [0.29, 0.717) is 16.5 Å². The van der Waals surface area contributed by atoms with Crippen LogP contribution in [-0.4, -0.2) is 47.1 Å². The van der Waals surface area contributed by atoms with E-state index < -0.39 is 5.91 Å². The van der Waals surface area contributed by atoms with E-state index in [0.717, 1.165) is 0 Å². The molecule has 0 atom stereocenters. The molecule has 0 radical (unpaired) electrons. The first-order chi connectivity index (χ1) is 12.5. The number of amides is 2. The largest absolute Gasteiger partial charge is 0.347 e. The summed E-state index contributed by atoms with van der Waals surface area (Å²) in [5.41, 5.74) is 0.338. The number of aromatic nitrogens is 2. The van der Waals surface area contributed by atoms with Crippen LogP contribution in [0.3, 0.4) is 0 Å². The second-order valence-corrected chi connectivity index (χ2v) is 5.92. The van der Waals surface area contributed by atoms with Gasteiger partial charge in [0.1, 0.15) is 0 Å². The summed E-state index contributed by atoms with van der Waals surface area (Å²) < 4.78 is 1.20. The molecular formula is C19H18N4O3. The number of carbonyl (C=O) groups excluding carboxylic acids is 2. The molecule has 3 rings (SSSR count). The summed E-state index contributed by atoms with van der Waals surface area (Å²) >= 11 is 0. The van der Waals surface area contributed by atoms with Crippen molar-refractivity contribution in [1.82, 2.24) is 20.0 Å². The molecule has 0 unspecified atom stereocenters. The zero-order chi connectivity index (χ0) is 18.7. The van der Waals surface area contributed by atoms with E-state index in [9.17, 15) is 14.4 Å². The molecule has 0 bridgehead atoms. The van der Waals surface area contributed by atoms with E-state index in [1.807, 2.05) is 6.07 Å². The van der Waals surface area contributed by atoms with Crippen molar-refractivity contribution in [3.05, 3.63) is 70.6 Å². The Morgan fingerprint density at radius 1 is 1.00 bits per heavy atom. The van der Waals surface area contributed by atoms with E-state index in [2.05, 4.69) is 10.4 Å². The van der Waals surface area contributed by atoms with Gasteiger partial charge in [-0.1, -0.05) is 36.4 Å². The minimum absolute atomic E-state index is 0.0932. The number of nitrogens with one attached hydrogen (secondary N) is 1. The molecule has 0 aliphatic rings. The first-order valence-electron chi connectivity index (χ1n) is 8.05. The highest BCUT2D eigenvalue weighted by atomic mass is 16.2. The van der Waals surface area contributed by atoms with Gasteiger partial charge in [0.05, 0.1) is 17.6 Å². The standard InChI is InChI=1S/C19H18N4O3/c1-22(2)16(24)12-20-18(25)17-14-10-6-7-11-15(14)19(26)23(21-17)13-8-4-3-5-9-13/h3-11H,12H2,1-2H3,(H,20,25). The Hall–Kier alpha value is -3.48. The lowest BCUT2D eigenvalue weighted by Crippen LogP contribution is -2.37. The molecule has 2 amide bonds. The number of fused-ring (bicyclic) bond motifs is 1. The van der Waals surface area contributed by atoms with Gasteiger partial charge in [-0.15, -0.1) is 0 Å². The lowest BCUT2D eigenvalue weighted by molar-refractivity contribution is -0.127. The van der Waals surface area contributed by atoms with Gasteiger partial charge in [0.15, 0.2) is 5.69 Å². The number of rotatable bonds is 4. The second-order valence-electron chi connectivity index (χ2n) is 5.92. The smallest absolute Gasteiger partial charge is 0.279 e. The fraction of sp³-hybridized carbons (Fsp3) is 0.158. The van der Waals surface area contributed by atoms with Gasteiger partial charge in [-0.25, -0.2) is 0 Å². The molecule has 1 heterocycles. The lowest BCUT2D eigenvalue weighted by atomic mass is 10.1. The van der Waals surface area contributed by atoms with Crippen molar-refractivity contribution in [2.45, 2.75) is 0 Å². The highest BCUT2D eigenvalue weighted by Gasteiger charge is 2.18. The van der Waals surface area contributed by atoms with Gasteiger partial charge >= 0.3 is 0 Å². The van der Waals surface area contributed by atoms with E-state index in [1.165, 1.54) is 9.58 Å². The van der Waals surface area contributed by atoms with E-state index in [-0.39, 0.29) is 23.7 Å². The predicted molar refractivity (Wildman–Crippen MR) is 98.4 cm³/mol. The summed E-state index contributed by atoms with van der Waals surface area (Å²) in [5.74, 6) is -0.750. The molecule has 26 heavy (non-hydrogen) atoms. The normalized spacial score (nSPS) is 10.5. The fourth-order valence-corrected chi connectivity index (χ4v) is 2.50. The third-order valence-electron chi connectivity index (χ3n) is 3.92. The van der Waals surface area contributed by atoms with Crippen LogP contribution in [0.5, 0.6) is 0 Å². The number of likely N-dealkylation sites (N-methyl/N-ethyl adjacent to an activating group) is 1. The molecule has 1 aromatic heterocycles. The first-order valence-corrected chi connectivity index (χ1v) is 8.05. The maximum absolute atomic E-state index is 12.8. The number of hydrogen-bond donors (Lipinski definition) is 1. The molecule has 3 aromatic rings. The van der Waals surface area contributed by atoms with Crippen LogP contribution in [0.2, 0.25) is 0 Å². The Labute approximate surface area is 149 Å². The highest BCUT2D eigenvalue weighted by Crippen LogP contribution is 2.15. The maximum Gasteiger partial charge on any atom is 0.279 e. The molecule has 0 aliphatic carbocycles. The second kappa shape index (κ2) is 7.18. The van der Waals surface area contributed by atoms with Crippen LogP contribution in [0, 0.1) is 0 Å². The SMILES string of the molecule is CN(C)C(=O)CNC(=O)c1nn(-c2ccccc2)c(=O)c2ccccc12. The van der Waals surface area contributed by atoms with Gasteiger partial charge < -0.3 is 10.2 Å². The van der Waals surface area contributed by atoms with Crippen LogP contribution >= 0.6 is 0 Å². The Kier molecular flexibility index (Phi) is 4.79. The van der Waals surface area contributed by atoms with Crippen molar-refractivity contribution in [3.63, 3.8) is 0 Å². The van der Waals surface area contributed by atoms with Gasteiger partial charge in [0.2, 0.25) is 5.91 Å². The summed E-state index contributed by atoms with van der Waals surface area (Å²) in [6, 6.07) is 15.7. The number of carbonyl (C=O) groups is 2. The molecule has 7 heteroatoms. The molecule has 0 fully saturated rings. The molecule has 1 N–H and O–H groups in total. The van der Waals surface area contributed by atoms with Crippen LogP contribution in [0.4, 0.5) is 0 Å². The molecule has 2 aromatic carbocycles. The average Bonchev–Trinajstić information content (AvgIpc) is 2.67. The van der Waals surface area contributed by atoms with E-state index >= 15 is 0 Å². The van der Waals surface area contributed by atoms with Crippen LogP contribution in [0.1, 0.15) is 10.5 Å². The van der Waals surface area contributed by atoms with Gasteiger partial charge in [-0.05, 0) is 18.2 Å². The molecule has 132 valence electrons. The number of nitrogens with zero attached hydrogens (tertiary/aromatic N) is 3. The molecule has 0 aliphatic heterocycles. The van der Waals surface area contributed by atoms with Crippen LogP contribution in [-0.2, 0) is 4.79 Å². The van der Waals surface area contributed by atoms with Gasteiger partial charge in [-0.2, -0.15) is 9.78 Å². The van der Waals surface area contributed by atoms with Gasteiger partial charge in [0.25, 0.3) is 11.5 Å². The lowest BCUT2D eigenvalue weighted by Gasteiger charge is -2.13. The van der Waals surface area contributed by atoms with Crippen LogP contribution in [0.25, 0.3) is 16.5 Å². The number of para-hydroxylation sites is 1. The Morgan fingerprint density at radius 2 is 1.62 bits per heavy atom. The topological polar surface area (TPSA) is 84.3 Å². The molecule has 0 spiro atoms. The van der Waals surface area contributed by atoms with Crippen LogP contribution < -0.4 is 10.9 Å². The molecule has 0 saturated carbocycles. The summed E-state index contributed by atoms with van der Waals surface area (Å²) in [6.07, 6.45) is 0. The minimum Gasteiger partial charge on any atom is -0.347 e. The van der Waals surface area contributed by atoms with Crippen molar-refractivity contribution < 1.29 is 9.59 Å². The van der Waals surface area contributed by atoms with E-state index in [4.69, 9.17) is 0 Å². The van der Waals surface area contributed by atoms with Crippen LogP contribution in [0.15, 0.2) is 59.4 Å².